The number of ether oxygens (including phenoxy) is 1. The molecule has 2 aromatic carbocycles. The Morgan fingerprint density at radius 3 is 2.71 bits per heavy atom. The first kappa shape index (κ1) is 18.3. The normalized spacial score (nSPS) is 10.9. The van der Waals surface area contributed by atoms with Gasteiger partial charge in [0.15, 0.2) is 11.0 Å². The minimum Gasteiger partial charge on any atom is -0.483 e. The van der Waals surface area contributed by atoms with Crippen molar-refractivity contribution >= 4 is 22.7 Å². The van der Waals surface area contributed by atoms with Gasteiger partial charge in [-0.25, -0.2) is 0 Å². The molecule has 0 radical (unpaired) electrons. The monoisotopic (exact) mass is 388 g/mol. The van der Waals surface area contributed by atoms with Gasteiger partial charge in [0.1, 0.15) is 17.9 Å². The van der Waals surface area contributed by atoms with E-state index in [-0.39, 0.29) is 0 Å². The highest BCUT2D eigenvalue weighted by molar-refractivity contribution is 7.98. The number of pyridine rings is 1. The molecule has 0 aliphatic heterocycles. The molecule has 4 aromatic rings. The summed E-state index contributed by atoms with van der Waals surface area (Å²) < 4.78 is 8.08. The van der Waals surface area contributed by atoms with Gasteiger partial charge >= 0.3 is 0 Å². The Balaban J connectivity index is 1.51. The van der Waals surface area contributed by atoms with Gasteiger partial charge < -0.3 is 4.74 Å². The van der Waals surface area contributed by atoms with E-state index >= 15 is 0 Å². The minimum absolute atomic E-state index is 0.322. The molecule has 0 atom stereocenters. The van der Waals surface area contributed by atoms with Crippen molar-refractivity contribution in [2.24, 2.45) is 0 Å². The maximum absolute atomic E-state index is 6.04. The number of fused-ring (bicyclic) bond motifs is 1. The zero-order valence-corrected chi connectivity index (χ0v) is 16.2. The van der Waals surface area contributed by atoms with Gasteiger partial charge in [0.25, 0.3) is 0 Å². The quantitative estimate of drug-likeness (QED) is 0.318. The molecule has 0 unspecified atom stereocenters. The fourth-order valence-corrected chi connectivity index (χ4v) is 3.82. The predicted molar refractivity (Wildman–Crippen MR) is 112 cm³/mol. The lowest BCUT2D eigenvalue weighted by Gasteiger charge is -2.10. The Kier molecular flexibility index (Phi) is 5.68. The van der Waals surface area contributed by atoms with Crippen LogP contribution in [-0.4, -0.2) is 19.7 Å². The van der Waals surface area contributed by atoms with Crippen molar-refractivity contribution in [2.75, 3.05) is 0 Å². The van der Waals surface area contributed by atoms with Crippen LogP contribution in [0.1, 0.15) is 11.4 Å². The van der Waals surface area contributed by atoms with E-state index in [0.29, 0.717) is 13.2 Å². The summed E-state index contributed by atoms with van der Waals surface area (Å²) >= 11 is 1.66. The van der Waals surface area contributed by atoms with Crippen molar-refractivity contribution in [3.05, 3.63) is 90.9 Å². The lowest BCUT2D eigenvalue weighted by atomic mass is 10.2. The molecule has 2 heterocycles. The molecule has 0 aliphatic rings. The summed E-state index contributed by atoms with van der Waals surface area (Å²) in [6.45, 7) is 4.82. The first-order valence-corrected chi connectivity index (χ1v) is 10.00. The molecule has 5 nitrogen and oxygen atoms in total. The molecule has 0 saturated heterocycles. The molecule has 140 valence electrons. The van der Waals surface area contributed by atoms with Crippen molar-refractivity contribution in [3.8, 4) is 5.75 Å². The topological polar surface area (TPSA) is 52.8 Å². The van der Waals surface area contributed by atoms with Crippen LogP contribution >= 0.6 is 11.8 Å². The van der Waals surface area contributed by atoms with Gasteiger partial charge in [-0.3, -0.25) is 9.55 Å². The van der Waals surface area contributed by atoms with E-state index in [1.54, 1.807) is 18.0 Å². The second kappa shape index (κ2) is 8.71. The molecule has 0 aliphatic carbocycles. The fraction of sp³-hybridized carbons (Fsp3) is 0.136. The molecule has 6 heteroatoms. The van der Waals surface area contributed by atoms with Gasteiger partial charge in [0.2, 0.25) is 0 Å². The number of para-hydroxylation sites is 1. The number of benzene rings is 2. The standard InChI is InChI=1S/C22H20N4OS/c1-2-14-26-20(24-25-22(26)28-16-17-8-4-3-5-9-17)15-27-19-12-6-10-18-11-7-13-23-21(18)19/h2-13H,1,14-16H2. The minimum atomic E-state index is 0.322. The second-order valence-corrected chi connectivity index (χ2v) is 7.13. The van der Waals surface area contributed by atoms with Crippen LogP contribution in [0.25, 0.3) is 10.9 Å². The molecule has 28 heavy (non-hydrogen) atoms. The van der Waals surface area contributed by atoms with E-state index in [9.17, 15) is 0 Å². The molecule has 2 aromatic heterocycles. The highest BCUT2D eigenvalue weighted by atomic mass is 32.2. The largest absolute Gasteiger partial charge is 0.483 e. The van der Waals surface area contributed by atoms with Crippen LogP contribution in [0.2, 0.25) is 0 Å². The van der Waals surface area contributed by atoms with Crippen molar-refractivity contribution in [2.45, 2.75) is 24.1 Å². The number of rotatable bonds is 8. The maximum atomic E-state index is 6.04. The Bertz CT molecular complexity index is 1070. The van der Waals surface area contributed by atoms with Crippen LogP contribution in [0.15, 0.2) is 84.7 Å². The molecule has 4 rings (SSSR count). The fourth-order valence-electron chi connectivity index (χ4n) is 2.90. The SMILES string of the molecule is C=CCn1c(COc2cccc3cccnc23)nnc1SCc1ccccc1. The molecular formula is C22H20N4OS. The molecule has 0 amide bonds. The first-order chi connectivity index (χ1) is 13.8. The van der Waals surface area contributed by atoms with Crippen molar-refractivity contribution < 1.29 is 4.74 Å². The van der Waals surface area contributed by atoms with Crippen LogP contribution in [0.3, 0.4) is 0 Å². The molecular weight excluding hydrogens is 368 g/mol. The molecule has 0 bridgehead atoms. The summed E-state index contributed by atoms with van der Waals surface area (Å²) in [5, 5.41) is 10.6. The smallest absolute Gasteiger partial charge is 0.191 e. The second-order valence-electron chi connectivity index (χ2n) is 6.19. The van der Waals surface area contributed by atoms with Crippen LogP contribution in [0, 0.1) is 0 Å². The van der Waals surface area contributed by atoms with Gasteiger partial charge in [-0.2, -0.15) is 0 Å². The van der Waals surface area contributed by atoms with E-state index in [2.05, 4.69) is 33.9 Å². The number of hydrogen-bond acceptors (Lipinski definition) is 5. The van der Waals surface area contributed by atoms with Gasteiger partial charge in [-0.15, -0.1) is 16.8 Å². The third-order valence-corrected chi connectivity index (χ3v) is 5.31. The van der Waals surface area contributed by atoms with Crippen LogP contribution < -0.4 is 4.74 Å². The average molecular weight is 388 g/mol. The van der Waals surface area contributed by atoms with Crippen molar-refractivity contribution in [1.29, 1.82) is 0 Å². The predicted octanol–water partition coefficient (Wildman–Crippen LogP) is 4.88. The summed E-state index contributed by atoms with van der Waals surface area (Å²) in [6.07, 6.45) is 3.62. The summed E-state index contributed by atoms with van der Waals surface area (Å²) in [5.74, 6) is 2.35. The lowest BCUT2D eigenvalue weighted by molar-refractivity contribution is 0.292. The van der Waals surface area contributed by atoms with Crippen LogP contribution in [0.5, 0.6) is 5.75 Å². The third-order valence-electron chi connectivity index (χ3n) is 4.27. The Morgan fingerprint density at radius 1 is 1.00 bits per heavy atom. The van der Waals surface area contributed by atoms with E-state index in [4.69, 9.17) is 4.74 Å². The number of thioether (sulfide) groups is 1. The van der Waals surface area contributed by atoms with Crippen LogP contribution in [-0.2, 0) is 18.9 Å². The molecule has 0 N–H and O–H groups in total. The van der Waals surface area contributed by atoms with Gasteiger partial charge in [-0.05, 0) is 17.7 Å². The molecule has 0 fully saturated rings. The highest BCUT2D eigenvalue weighted by Gasteiger charge is 2.13. The van der Waals surface area contributed by atoms with Gasteiger partial charge in [0.05, 0.1) is 0 Å². The van der Waals surface area contributed by atoms with E-state index in [1.165, 1.54) is 5.56 Å². The zero-order chi connectivity index (χ0) is 19.2. The van der Waals surface area contributed by atoms with Crippen molar-refractivity contribution in [3.63, 3.8) is 0 Å². The summed E-state index contributed by atoms with van der Waals surface area (Å²) in [7, 11) is 0. The zero-order valence-electron chi connectivity index (χ0n) is 15.4. The first-order valence-electron chi connectivity index (χ1n) is 9.01. The number of aromatic nitrogens is 4. The molecule has 0 spiro atoms. The van der Waals surface area contributed by atoms with E-state index < -0.39 is 0 Å². The number of nitrogens with zero attached hydrogens (tertiary/aromatic N) is 4. The van der Waals surface area contributed by atoms with Gasteiger partial charge in [0, 0.05) is 23.9 Å². The van der Waals surface area contributed by atoms with E-state index in [0.717, 1.165) is 33.4 Å². The average Bonchev–Trinajstić information content (AvgIpc) is 3.13. The maximum Gasteiger partial charge on any atom is 0.191 e. The Morgan fingerprint density at radius 2 is 1.86 bits per heavy atom. The Labute approximate surface area is 168 Å². The Hall–Kier alpha value is -3.12. The van der Waals surface area contributed by atoms with Crippen molar-refractivity contribution in [1.82, 2.24) is 19.7 Å². The summed E-state index contributed by atoms with van der Waals surface area (Å²) in [5.41, 5.74) is 2.10. The summed E-state index contributed by atoms with van der Waals surface area (Å²) in [6, 6.07) is 20.2. The van der Waals surface area contributed by atoms with Crippen LogP contribution in [0.4, 0.5) is 0 Å². The lowest BCUT2D eigenvalue weighted by Crippen LogP contribution is -2.07. The third kappa shape index (κ3) is 4.07. The summed E-state index contributed by atoms with van der Waals surface area (Å²) in [4.78, 5) is 4.43. The number of allylic oxidation sites excluding steroid dienone is 1. The highest BCUT2D eigenvalue weighted by Crippen LogP contribution is 2.25. The number of hydrogen-bond donors (Lipinski definition) is 0. The van der Waals surface area contributed by atoms with Gasteiger partial charge in [-0.1, -0.05) is 66.4 Å². The van der Waals surface area contributed by atoms with E-state index in [1.807, 2.05) is 59.2 Å². The molecule has 0 saturated carbocycles.